The first kappa shape index (κ1) is 13.8. The van der Waals surface area contributed by atoms with E-state index < -0.39 is 0 Å². The molecule has 104 valence electrons. The molecule has 1 aliphatic rings. The topological polar surface area (TPSA) is 17.1 Å². The summed E-state index contributed by atoms with van der Waals surface area (Å²) in [7, 11) is 0. The van der Waals surface area contributed by atoms with Gasteiger partial charge in [0.15, 0.2) is 5.78 Å². The van der Waals surface area contributed by atoms with Crippen LogP contribution in [0.2, 0.25) is 0 Å². The van der Waals surface area contributed by atoms with E-state index in [-0.39, 0.29) is 5.41 Å². The predicted molar refractivity (Wildman–Crippen MR) is 87.5 cm³/mol. The molecule has 0 saturated carbocycles. The van der Waals surface area contributed by atoms with Crippen molar-refractivity contribution in [3.8, 4) is 0 Å². The van der Waals surface area contributed by atoms with Crippen LogP contribution in [0.3, 0.4) is 0 Å². The maximum absolute atomic E-state index is 13.1. The van der Waals surface area contributed by atoms with Crippen molar-refractivity contribution in [1.82, 2.24) is 0 Å². The fraction of sp³-hybridized carbons (Fsp3) is 0.389. The van der Waals surface area contributed by atoms with E-state index >= 15 is 0 Å². The van der Waals surface area contributed by atoms with Gasteiger partial charge in [-0.2, -0.15) is 0 Å². The van der Waals surface area contributed by atoms with Crippen molar-refractivity contribution in [3.63, 3.8) is 0 Å². The van der Waals surface area contributed by atoms with E-state index in [9.17, 15) is 4.79 Å². The van der Waals surface area contributed by atoms with Gasteiger partial charge in [-0.05, 0) is 41.3 Å². The van der Waals surface area contributed by atoms with Crippen molar-refractivity contribution >= 4 is 32.5 Å². The standard InChI is InChI=1S/C18H19BrO/c1-3-10-18(11-4-2)14-7-5-6-12-15(19)9-8-13(16(12)14)17(18)20/h5-9H,3-4,10-11H2,1-2H3. The van der Waals surface area contributed by atoms with Crippen LogP contribution in [0.25, 0.3) is 10.8 Å². The zero-order chi connectivity index (χ0) is 14.3. The SMILES string of the molecule is CCCC1(CCC)C(=O)c2ccc(Br)c3cccc1c23. The highest BCUT2D eigenvalue weighted by atomic mass is 79.9. The molecular weight excluding hydrogens is 312 g/mol. The molecule has 20 heavy (non-hydrogen) atoms. The normalized spacial score (nSPS) is 16.1. The van der Waals surface area contributed by atoms with Crippen LogP contribution in [0, 0.1) is 0 Å². The van der Waals surface area contributed by atoms with Gasteiger partial charge < -0.3 is 0 Å². The molecule has 1 nitrogen and oxygen atoms in total. The van der Waals surface area contributed by atoms with Crippen LogP contribution >= 0.6 is 15.9 Å². The van der Waals surface area contributed by atoms with Crippen LogP contribution in [0.15, 0.2) is 34.8 Å². The van der Waals surface area contributed by atoms with Gasteiger partial charge in [0.2, 0.25) is 0 Å². The average Bonchev–Trinajstić information content (AvgIpc) is 2.68. The van der Waals surface area contributed by atoms with Crippen molar-refractivity contribution in [2.75, 3.05) is 0 Å². The number of Topliss-reactive ketones (excluding diaryl/α,β-unsaturated/α-hetero) is 1. The molecule has 0 unspecified atom stereocenters. The summed E-state index contributed by atoms with van der Waals surface area (Å²) in [6.45, 7) is 4.34. The van der Waals surface area contributed by atoms with E-state index in [1.54, 1.807) is 0 Å². The van der Waals surface area contributed by atoms with E-state index in [1.165, 1.54) is 16.3 Å². The van der Waals surface area contributed by atoms with Gasteiger partial charge in [0.1, 0.15) is 0 Å². The number of ketones is 1. The Labute approximate surface area is 128 Å². The van der Waals surface area contributed by atoms with Gasteiger partial charge in [0.25, 0.3) is 0 Å². The van der Waals surface area contributed by atoms with Crippen molar-refractivity contribution in [1.29, 1.82) is 0 Å². The lowest BCUT2D eigenvalue weighted by atomic mass is 9.73. The van der Waals surface area contributed by atoms with Gasteiger partial charge in [-0.25, -0.2) is 0 Å². The number of carbonyl (C=O) groups excluding carboxylic acids is 1. The molecule has 3 rings (SSSR count). The highest BCUT2D eigenvalue weighted by Gasteiger charge is 2.45. The van der Waals surface area contributed by atoms with Crippen LogP contribution in [0.5, 0.6) is 0 Å². The predicted octanol–water partition coefficient (Wildman–Crippen LogP) is 5.64. The summed E-state index contributed by atoms with van der Waals surface area (Å²) in [4.78, 5) is 13.1. The van der Waals surface area contributed by atoms with Crippen LogP contribution in [0.1, 0.15) is 55.5 Å². The third-order valence-corrected chi connectivity index (χ3v) is 5.23. The molecule has 0 fully saturated rings. The lowest BCUT2D eigenvalue weighted by Crippen LogP contribution is -2.31. The van der Waals surface area contributed by atoms with E-state index in [0.29, 0.717) is 5.78 Å². The first-order chi connectivity index (χ1) is 9.65. The molecule has 1 aliphatic carbocycles. The minimum Gasteiger partial charge on any atom is -0.293 e. The van der Waals surface area contributed by atoms with Crippen molar-refractivity contribution in [2.45, 2.75) is 44.9 Å². The van der Waals surface area contributed by atoms with Crippen LogP contribution in [0.4, 0.5) is 0 Å². The van der Waals surface area contributed by atoms with Crippen LogP contribution in [-0.4, -0.2) is 5.78 Å². The summed E-state index contributed by atoms with van der Waals surface area (Å²) in [6, 6.07) is 10.4. The summed E-state index contributed by atoms with van der Waals surface area (Å²) in [5.41, 5.74) is 1.88. The lowest BCUT2D eigenvalue weighted by molar-refractivity contribution is 0.0874. The Morgan fingerprint density at radius 3 is 2.40 bits per heavy atom. The Morgan fingerprint density at radius 1 is 1.05 bits per heavy atom. The Morgan fingerprint density at radius 2 is 1.75 bits per heavy atom. The summed E-state index contributed by atoms with van der Waals surface area (Å²) >= 11 is 3.62. The second-order valence-electron chi connectivity index (χ2n) is 5.73. The minimum absolute atomic E-state index is 0.286. The molecule has 0 aromatic heterocycles. The quantitative estimate of drug-likeness (QED) is 0.709. The molecule has 0 aliphatic heterocycles. The number of carbonyl (C=O) groups is 1. The van der Waals surface area contributed by atoms with E-state index in [2.05, 4.69) is 48.0 Å². The average molecular weight is 331 g/mol. The highest BCUT2D eigenvalue weighted by molar-refractivity contribution is 9.10. The Kier molecular flexibility index (Phi) is 3.45. The molecule has 0 amide bonds. The Hall–Kier alpha value is -1.15. The Bertz CT molecular complexity index is 681. The Balaban J connectivity index is 2.35. The summed E-state index contributed by atoms with van der Waals surface area (Å²) in [6.07, 6.45) is 3.98. The number of rotatable bonds is 4. The van der Waals surface area contributed by atoms with Crippen molar-refractivity contribution in [3.05, 3.63) is 45.9 Å². The zero-order valence-electron chi connectivity index (χ0n) is 12.0. The first-order valence-corrected chi connectivity index (χ1v) is 8.21. The zero-order valence-corrected chi connectivity index (χ0v) is 13.6. The van der Waals surface area contributed by atoms with Crippen molar-refractivity contribution < 1.29 is 4.79 Å². The molecule has 0 bridgehead atoms. The first-order valence-electron chi connectivity index (χ1n) is 7.42. The van der Waals surface area contributed by atoms with Gasteiger partial charge in [0.05, 0.1) is 5.41 Å². The monoisotopic (exact) mass is 330 g/mol. The van der Waals surface area contributed by atoms with Crippen LogP contribution in [-0.2, 0) is 5.41 Å². The fourth-order valence-electron chi connectivity index (χ4n) is 3.81. The molecule has 0 saturated heterocycles. The second-order valence-corrected chi connectivity index (χ2v) is 6.59. The molecule has 0 atom stereocenters. The third kappa shape index (κ3) is 1.70. The molecule has 0 heterocycles. The van der Waals surface area contributed by atoms with Crippen molar-refractivity contribution in [2.24, 2.45) is 0 Å². The minimum atomic E-state index is -0.286. The number of hydrogen-bond donors (Lipinski definition) is 0. The smallest absolute Gasteiger partial charge is 0.174 e. The number of benzene rings is 2. The maximum atomic E-state index is 13.1. The van der Waals surface area contributed by atoms with E-state index in [0.717, 1.165) is 35.7 Å². The van der Waals surface area contributed by atoms with Gasteiger partial charge in [0, 0.05) is 10.0 Å². The number of hydrogen-bond acceptors (Lipinski definition) is 1. The van der Waals surface area contributed by atoms with E-state index in [1.807, 2.05) is 12.1 Å². The van der Waals surface area contributed by atoms with Gasteiger partial charge >= 0.3 is 0 Å². The van der Waals surface area contributed by atoms with E-state index in [4.69, 9.17) is 0 Å². The lowest BCUT2D eigenvalue weighted by Gasteiger charge is -2.28. The van der Waals surface area contributed by atoms with Gasteiger partial charge in [-0.1, -0.05) is 60.8 Å². The van der Waals surface area contributed by atoms with Gasteiger partial charge in [-0.15, -0.1) is 0 Å². The molecule has 2 aromatic carbocycles. The molecule has 0 spiro atoms. The third-order valence-electron chi connectivity index (χ3n) is 4.54. The van der Waals surface area contributed by atoms with Crippen LogP contribution < -0.4 is 0 Å². The summed E-state index contributed by atoms with van der Waals surface area (Å²) in [5, 5.41) is 2.34. The summed E-state index contributed by atoms with van der Waals surface area (Å²) < 4.78 is 1.08. The second kappa shape index (κ2) is 5.00. The number of halogens is 1. The molecular formula is C18H19BrO. The molecule has 0 radical (unpaired) electrons. The largest absolute Gasteiger partial charge is 0.293 e. The fourth-order valence-corrected chi connectivity index (χ4v) is 4.28. The molecule has 0 N–H and O–H groups in total. The molecule has 2 heteroatoms. The molecule has 2 aromatic rings. The summed E-state index contributed by atoms with van der Waals surface area (Å²) in [5.74, 6) is 0.333. The van der Waals surface area contributed by atoms with Gasteiger partial charge in [-0.3, -0.25) is 4.79 Å². The maximum Gasteiger partial charge on any atom is 0.174 e. The highest BCUT2D eigenvalue weighted by Crippen LogP contribution is 2.48.